The van der Waals surface area contributed by atoms with Crippen LogP contribution in [0, 0.1) is 6.92 Å². The molecule has 4 nitrogen and oxygen atoms in total. The molecule has 82 valence electrons. The third kappa shape index (κ3) is 2.11. The highest BCUT2D eigenvalue weighted by Gasteiger charge is 2.01. The molecule has 0 aliphatic carbocycles. The first-order chi connectivity index (χ1) is 7.66. The smallest absolute Gasteiger partial charge is 0.251 e. The van der Waals surface area contributed by atoms with Crippen LogP contribution in [0.1, 0.15) is 11.1 Å². The predicted molar refractivity (Wildman–Crippen MR) is 63.2 cm³/mol. The summed E-state index contributed by atoms with van der Waals surface area (Å²) in [5, 5.41) is 0. The Morgan fingerprint density at radius 1 is 1.38 bits per heavy atom. The van der Waals surface area contributed by atoms with Crippen LogP contribution in [0.2, 0.25) is 0 Å². The number of pyridine rings is 2. The van der Waals surface area contributed by atoms with Crippen molar-refractivity contribution in [3.05, 3.63) is 58.3 Å². The van der Waals surface area contributed by atoms with E-state index in [1.807, 2.05) is 19.1 Å². The van der Waals surface area contributed by atoms with Crippen LogP contribution in [0.3, 0.4) is 0 Å². The van der Waals surface area contributed by atoms with Crippen molar-refractivity contribution in [1.82, 2.24) is 9.55 Å². The van der Waals surface area contributed by atoms with E-state index >= 15 is 0 Å². The van der Waals surface area contributed by atoms with Gasteiger partial charge in [0.15, 0.2) is 0 Å². The van der Waals surface area contributed by atoms with Crippen LogP contribution in [0.4, 0.5) is 5.69 Å². The molecule has 0 aliphatic rings. The maximum Gasteiger partial charge on any atom is 0.251 e. The van der Waals surface area contributed by atoms with Gasteiger partial charge in [-0.25, -0.2) is 0 Å². The number of aryl methyl sites for hydroxylation is 1. The Labute approximate surface area is 93.4 Å². The van der Waals surface area contributed by atoms with Gasteiger partial charge < -0.3 is 10.3 Å². The highest BCUT2D eigenvalue weighted by atomic mass is 16.1. The Balaban J connectivity index is 2.36. The van der Waals surface area contributed by atoms with Crippen LogP contribution < -0.4 is 11.3 Å². The molecule has 0 bridgehead atoms. The van der Waals surface area contributed by atoms with Crippen LogP contribution >= 0.6 is 0 Å². The molecule has 0 unspecified atom stereocenters. The van der Waals surface area contributed by atoms with Crippen molar-refractivity contribution >= 4 is 5.69 Å². The average molecular weight is 215 g/mol. The first-order valence-electron chi connectivity index (χ1n) is 5.02. The summed E-state index contributed by atoms with van der Waals surface area (Å²) in [6, 6.07) is 5.31. The Bertz CT molecular complexity index is 546. The molecule has 2 aromatic heterocycles. The molecular formula is C12H13N3O. The summed E-state index contributed by atoms with van der Waals surface area (Å²) in [7, 11) is 0. The summed E-state index contributed by atoms with van der Waals surface area (Å²) in [6.45, 7) is 2.35. The number of rotatable bonds is 2. The fourth-order valence-electron chi connectivity index (χ4n) is 1.49. The van der Waals surface area contributed by atoms with Gasteiger partial charge in [-0.1, -0.05) is 0 Å². The van der Waals surface area contributed by atoms with E-state index in [0.717, 1.165) is 11.1 Å². The van der Waals surface area contributed by atoms with Crippen molar-refractivity contribution in [2.75, 3.05) is 5.73 Å². The van der Waals surface area contributed by atoms with E-state index in [2.05, 4.69) is 4.98 Å². The molecule has 2 aromatic rings. The fourth-order valence-corrected chi connectivity index (χ4v) is 1.49. The van der Waals surface area contributed by atoms with Crippen molar-refractivity contribution in [2.24, 2.45) is 0 Å². The summed E-state index contributed by atoms with van der Waals surface area (Å²) >= 11 is 0. The number of nitrogen functional groups attached to an aromatic ring is 1. The molecule has 2 rings (SSSR count). The molecule has 0 atom stereocenters. The third-order valence-electron chi connectivity index (χ3n) is 2.48. The van der Waals surface area contributed by atoms with E-state index in [0.29, 0.717) is 12.2 Å². The second kappa shape index (κ2) is 4.18. The number of nitrogens with two attached hydrogens (primary N) is 1. The zero-order valence-corrected chi connectivity index (χ0v) is 9.05. The van der Waals surface area contributed by atoms with Crippen molar-refractivity contribution in [2.45, 2.75) is 13.5 Å². The van der Waals surface area contributed by atoms with Crippen molar-refractivity contribution in [3.63, 3.8) is 0 Å². The zero-order chi connectivity index (χ0) is 11.5. The maximum atomic E-state index is 11.7. The second-order valence-corrected chi connectivity index (χ2v) is 3.73. The average Bonchev–Trinajstić information content (AvgIpc) is 2.27. The van der Waals surface area contributed by atoms with Crippen LogP contribution in [0.5, 0.6) is 0 Å². The van der Waals surface area contributed by atoms with E-state index in [4.69, 9.17) is 5.73 Å². The quantitative estimate of drug-likeness (QED) is 0.818. The number of hydrogen-bond donors (Lipinski definition) is 1. The van der Waals surface area contributed by atoms with Crippen molar-refractivity contribution < 1.29 is 0 Å². The van der Waals surface area contributed by atoms with Gasteiger partial charge in [-0.15, -0.1) is 0 Å². The van der Waals surface area contributed by atoms with Gasteiger partial charge in [0, 0.05) is 24.7 Å². The molecule has 2 N–H and O–H groups in total. The molecule has 0 fully saturated rings. The molecule has 0 radical (unpaired) electrons. The van der Waals surface area contributed by atoms with E-state index in [9.17, 15) is 4.79 Å². The first-order valence-corrected chi connectivity index (χ1v) is 5.02. The molecule has 0 amide bonds. The Morgan fingerprint density at radius 2 is 2.06 bits per heavy atom. The van der Waals surface area contributed by atoms with Crippen LogP contribution in [-0.2, 0) is 6.54 Å². The lowest BCUT2D eigenvalue weighted by Crippen LogP contribution is -2.20. The summed E-state index contributed by atoms with van der Waals surface area (Å²) in [5.41, 5.74) is 8.21. The van der Waals surface area contributed by atoms with E-state index in [-0.39, 0.29) is 5.56 Å². The second-order valence-electron chi connectivity index (χ2n) is 3.73. The molecule has 4 heteroatoms. The monoisotopic (exact) mass is 215 g/mol. The lowest BCUT2D eigenvalue weighted by atomic mass is 10.2. The first kappa shape index (κ1) is 10.4. The van der Waals surface area contributed by atoms with E-state index < -0.39 is 0 Å². The van der Waals surface area contributed by atoms with Gasteiger partial charge in [-0.2, -0.15) is 0 Å². The maximum absolute atomic E-state index is 11.7. The van der Waals surface area contributed by atoms with E-state index in [1.54, 1.807) is 29.2 Å². The number of nitrogens with zero attached hydrogens (tertiary/aromatic N) is 2. The van der Waals surface area contributed by atoms with Crippen molar-refractivity contribution in [1.29, 1.82) is 0 Å². The molecule has 0 aromatic carbocycles. The molecule has 0 saturated carbocycles. The third-order valence-corrected chi connectivity index (χ3v) is 2.48. The lowest BCUT2D eigenvalue weighted by molar-refractivity contribution is 0.758. The minimum absolute atomic E-state index is 0.0384. The fraction of sp³-hybridized carbons (Fsp3) is 0.167. The molecule has 0 saturated heterocycles. The van der Waals surface area contributed by atoms with Gasteiger partial charge in [-0.3, -0.25) is 9.78 Å². The van der Waals surface area contributed by atoms with Crippen LogP contribution in [-0.4, -0.2) is 9.55 Å². The highest BCUT2D eigenvalue weighted by molar-refractivity contribution is 5.43. The lowest BCUT2D eigenvalue weighted by Gasteiger charge is -2.08. The van der Waals surface area contributed by atoms with Gasteiger partial charge >= 0.3 is 0 Å². The van der Waals surface area contributed by atoms with Gasteiger partial charge in [-0.05, 0) is 30.2 Å². The van der Waals surface area contributed by atoms with Crippen molar-refractivity contribution in [3.8, 4) is 0 Å². The Kier molecular flexibility index (Phi) is 2.72. The van der Waals surface area contributed by atoms with Gasteiger partial charge in [0.1, 0.15) is 0 Å². The van der Waals surface area contributed by atoms with Crippen LogP contribution in [0.25, 0.3) is 0 Å². The van der Waals surface area contributed by atoms with E-state index in [1.165, 1.54) is 0 Å². The minimum atomic E-state index is -0.0384. The molecule has 2 heterocycles. The largest absolute Gasteiger partial charge is 0.397 e. The highest BCUT2D eigenvalue weighted by Crippen LogP contribution is 2.07. The summed E-state index contributed by atoms with van der Waals surface area (Å²) in [4.78, 5) is 15.6. The molecular weight excluding hydrogens is 202 g/mol. The topological polar surface area (TPSA) is 60.9 Å². The zero-order valence-electron chi connectivity index (χ0n) is 9.05. The SMILES string of the molecule is Cc1cc(=O)n(Cc2ccncc2)cc1N. The van der Waals surface area contributed by atoms with Crippen LogP contribution in [0.15, 0.2) is 41.6 Å². The molecule has 0 spiro atoms. The summed E-state index contributed by atoms with van der Waals surface area (Å²) in [6.07, 6.45) is 5.09. The Hall–Kier alpha value is -2.10. The number of aromatic nitrogens is 2. The van der Waals surface area contributed by atoms with Gasteiger partial charge in [0.2, 0.25) is 0 Å². The standard InChI is InChI=1S/C12H13N3O/c1-9-6-12(16)15(8-11(9)13)7-10-2-4-14-5-3-10/h2-6,8H,7,13H2,1H3. The molecule has 16 heavy (non-hydrogen) atoms. The normalized spacial score (nSPS) is 10.3. The predicted octanol–water partition coefficient (Wildman–Crippen LogP) is 1.18. The summed E-state index contributed by atoms with van der Waals surface area (Å²) < 4.78 is 1.59. The van der Waals surface area contributed by atoms with Gasteiger partial charge in [0.05, 0.1) is 12.2 Å². The Morgan fingerprint density at radius 3 is 2.75 bits per heavy atom. The van der Waals surface area contributed by atoms with Gasteiger partial charge in [0.25, 0.3) is 5.56 Å². The number of anilines is 1. The minimum Gasteiger partial charge on any atom is -0.397 e. The molecule has 0 aliphatic heterocycles. The summed E-state index contributed by atoms with van der Waals surface area (Å²) in [5.74, 6) is 0. The number of hydrogen-bond acceptors (Lipinski definition) is 3.